The monoisotopic (exact) mass is 728 g/mol. The van der Waals surface area contributed by atoms with E-state index < -0.39 is 97.2 Å². The number of carboxylic acid groups (broad SMARTS) is 1. The van der Waals surface area contributed by atoms with Crippen LogP contribution in [0.2, 0.25) is 0 Å². The predicted molar refractivity (Wildman–Crippen MR) is 187 cm³/mol. The van der Waals surface area contributed by atoms with E-state index in [2.05, 4.69) is 37.2 Å². The smallest absolute Gasteiger partial charge is 0.326 e. The number of rotatable bonds is 24. The number of nitrogens with two attached hydrogens (primary N) is 1. The molecular formula is C33H60N8O10. The molecule has 0 rings (SSSR count). The highest BCUT2D eigenvalue weighted by Crippen LogP contribution is 2.10. The van der Waals surface area contributed by atoms with Crippen LogP contribution in [0.1, 0.15) is 81.1 Å². The molecule has 292 valence electrons. The molecule has 5 atom stereocenters. The summed E-state index contributed by atoms with van der Waals surface area (Å²) in [6, 6.07) is -5.82. The zero-order valence-corrected chi connectivity index (χ0v) is 31.1. The minimum absolute atomic E-state index is 0.00324. The molecule has 0 spiro atoms. The van der Waals surface area contributed by atoms with E-state index >= 15 is 0 Å². The zero-order valence-electron chi connectivity index (χ0n) is 31.1. The van der Waals surface area contributed by atoms with Crippen molar-refractivity contribution in [2.45, 2.75) is 111 Å². The van der Waals surface area contributed by atoms with Gasteiger partial charge < -0.3 is 53.2 Å². The molecule has 51 heavy (non-hydrogen) atoms. The number of hydrogen-bond donors (Lipinski definition) is 10. The summed E-state index contributed by atoms with van der Waals surface area (Å²) in [5.41, 5.74) is 5.38. The fourth-order valence-electron chi connectivity index (χ4n) is 4.87. The van der Waals surface area contributed by atoms with Gasteiger partial charge in [-0.1, -0.05) is 55.4 Å². The van der Waals surface area contributed by atoms with Crippen LogP contribution in [-0.4, -0.2) is 114 Å². The summed E-state index contributed by atoms with van der Waals surface area (Å²) in [5, 5.41) is 36.3. The number of aliphatic hydroxyl groups is 1. The summed E-state index contributed by atoms with van der Waals surface area (Å²) in [6.07, 6.45) is 0.804. The lowest BCUT2D eigenvalue weighted by Gasteiger charge is -2.26. The second-order valence-corrected chi connectivity index (χ2v) is 14.2. The van der Waals surface area contributed by atoms with E-state index in [1.54, 1.807) is 27.7 Å². The Hall–Kier alpha value is -4.32. The van der Waals surface area contributed by atoms with Crippen LogP contribution in [0, 0.1) is 23.7 Å². The van der Waals surface area contributed by atoms with Crippen molar-refractivity contribution in [1.29, 1.82) is 0 Å². The Morgan fingerprint density at radius 3 is 1.16 bits per heavy atom. The molecule has 5 unspecified atom stereocenters. The average Bonchev–Trinajstić information content (AvgIpc) is 3.02. The van der Waals surface area contributed by atoms with Crippen molar-refractivity contribution in [2.24, 2.45) is 29.4 Å². The molecule has 0 aliphatic heterocycles. The standard InChI is InChI=1S/C33H60N8O10/c1-17(2)9-21(29(46)35-15-28(45)39-24(33(50)51)12-20(7)8)38-27(44)14-36-30(47)25(16-42)41-32(49)23(11-19(5)6)40-31(48)22(10-18(3)4)37-26(43)13-34/h17-25,42H,9-16,34H2,1-8H3,(H,35,46)(H,36,47)(H,37,43)(H,38,44)(H,39,45)(H,40,48)(H,41,49)(H,50,51). The van der Waals surface area contributed by atoms with Gasteiger partial charge in [0.15, 0.2) is 0 Å². The van der Waals surface area contributed by atoms with Crippen LogP contribution in [0.3, 0.4) is 0 Å². The largest absolute Gasteiger partial charge is 0.480 e. The first-order valence-electron chi connectivity index (χ1n) is 17.3. The lowest BCUT2D eigenvalue weighted by Crippen LogP contribution is -2.58. The van der Waals surface area contributed by atoms with Crippen molar-refractivity contribution in [3.05, 3.63) is 0 Å². The van der Waals surface area contributed by atoms with Crippen LogP contribution >= 0.6 is 0 Å². The summed E-state index contributed by atoms with van der Waals surface area (Å²) >= 11 is 0. The van der Waals surface area contributed by atoms with Crippen LogP contribution in [0.25, 0.3) is 0 Å². The molecule has 0 aliphatic carbocycles. The summed E-state index contributed by atoms with van der Waals surface area (Å²) < 4.78 is 0. The molecule has 7 amide bonds. The normalized spacial score (nSPS) is 14.2. The van der Waals surface area contributed by atoms with Gasteiger partial charge >= 0.3 is 5.97 Å². The van der Waals surface area contributed by atoms with E-state index in [0.29, 0.717) is 0 Å². The van der Waals surface area contributed by atoms with Crippen LogP contribution in [-0.2, 0) is 38.4 Å². The Labute approximate surface area is 299 Å². The Bertz CT molecular complexity index is 1190. The van der Waals surface area contributed by atoms with Gasteiger partial charge in [-0.05, 0) is 49.4 Å². The SMILES string of the molecule is CC(C)CC(NC(=O)CNC(=O)C(CC(C)C)NC(=O)CNC(=O)C(CO)NC(=O)C(CC(C)C)NC(=O)C(CC(C)C)NC(=O)CN)C(=O)O. The van der Waals surface area contributed by atoms with Crippen molar-refractivity contribution in [1.82, 2.24) is 37.2 Å². The maximum absolute atomic E-state index is 13.2. The molecule has 0 aromatic rings. The number of carbonyl (C=O) groups is 8. The van der Waals surface area contributed by atoms with Gasteiger partial charge in [0.05, 0.1) is 26.2 Å². The molecule has 0 saturated heterocycles. The molecule has 11 N–H and O–H groups in total. The minimum atomic E-state index is -1.50. The molecule has 0 saturated carbocycles. The molecule has 0 fully saturated rings. The molecular weight excluding hydrogens is 668 g/mol. The first-order valence-corrected chi connectivity index (χ1v) is 17.3. The van der Waals surface area contributed by atoms with E-state index in [1.807, 2.05) is 27.7 Å². The Morgan fingerprint density at radius 2 is 0.784 bits per heavy atom. The molecule has 0 radical (unpaired) electrons. The zero-order chi connectivity index (χ0) is 39.4. The maximum atomic E-state index is 13.2. The topological polar surface area (TPSA) is 287 Å². The van der Waals surface area contributed by atoms with E-state index in [4.69, 9.17) is 5.73 Å². The second-order valence-electron chi connectivity index (χ2n) is 14.2. The average molecular weight is 729 g/mol. The summed E-state index contributed by atoms with van der Waals surface area (Å²) in [7, 11) is 0. The van der Waals surface area contributed by atoms with Crippen LogP contribution in [0.15, 0.2) is 0 Å². The third-order valence-corrected chi connectivity index (χ3v) is 7.25. The highest BCUT2D eigenvalue weighted by Gasteiger charge is 2.31. The van der Waals surface area contributed by atoms with Crippen molar-refractivity contribution in [3.63, 3.8) is 0 Å². The van der Waals surface area contributed by atoms with Crippen molar-refractivity contribution in [3.8, 4) is 0 Å². The number of hydrogen-bond acceptors (Lipinski definition) is 10. The highest BCUT2D eigenvalue weighted by molar-refractivity contribution is 5.96. The summed E-state index contributed by atoms with van der Waals surface area (Å²) in [5.74, 6) is -6.41. The molecule has 0 heterocycles. The minimum Gasteiger partial charge on any atom is -0.480 e. The van der Waals surface area contributed by atoms with Crippen LogP contribution in [0.5, 0.6) is 0 Å². The Kier molecular flexibility index (Phi) is 21.9. The maximum Gasteiger partial charge on any atom is 0.326 e. The fourth-order valence-corrected chi connectivity index (χ4v) is 4.87. The van der Waals surface area contributed by atoms with E-state index in [0.717, 1.165) is 0 Å². The van der Waals surface area contributed by atoms with Gasteiger partial charge in [0.1, 0.15) is 30.2 Å². The van der Waals surface area contributed by atoms with Crippen LogP contribution < -0.4 is 43.0 Å². The number of aliphatic carboxylic acids is 1. The number of aliphatic hydroxyl groups excluding tert-OH is 1. The molecule has 0 bridgehead atoms. The van der Waals surface area contributed by atoms with E-state index in [1.165, 1.54) is 0 Å². The lowest BCUT2D eigenvalue weighted by molar-refractivity contribution is -0.142. The highest BCUT2D eigenvalue weighted by atomic mass is 16.4. The van der Waals surface area contributed by atoms with Crippen molar-refractivity contribution < 1.29 is 48.6 Å². The lowest BCUT2D eigenvalue weighted by atomic mass is 10.00. The Morgan fingerprint density at radius 1 is 0.471 bits per heavy atom. The van der Waals surface area contributed by atoms with Gasteiger partial charge in [-0.2, -0.15) is 0 Å². The predicted octanol–water partition coefficient (Wildman–Crippen LogP) is -2.14. The van der Waals surface area contributed by atoms with Crippen molar-refractivity contribution >= 4 is 47.3 Å². The van der Waals surface area contributed by atoms with Gasteiger partial charge in [-0.15, -0.1) is 0 Å². The van der Waals surface area contributed by atoms with E-state index in [-0.39, 0.29) is 55.9 Å². The molecule has 0 aromatic heterocycles. The number of nitrogens with one attached hydrogen (secondary N) is 7. The Balaban J connectivity index is 5.41. The third kappa shape index (κ3) is 20.2. The molecule has 18 heteroatoms. The quantitative estimate of drug-likeness (QED) is 0.0512. The van der Waals surface area contributed by atoms with Gasteiger partial charge in [-0.25, -0.2) is 4.79 Å². The van der Waals surface area contributed by atoms with E-state index in [9.17, 15) is 48.6 Å². The summed E-state index contributed by atoms with van der Waals surface area (Å²) in [6.45, 7) is 12.2. The van der Waals surface area contributed by atoms with Gasteiger partial charge in [0.25, 0.3) is 0 Å². The molecule has 0 aliphatic rings. The third-order valence-electron chi connectivity index (χ3n) is 7.25. The second kappa shape index (κ2) is 24.0. The van der Waals surface area contributed by atoms with Gasteiger partial charge in [-0.3, -0.25) is 33.6 Å². The van der Waals surface area contributed by atoms with Crippen LogP contribution in [0.4, 0.5) is 0 Å². The molecule has 0 aromatic carbocycles. The summed E-state index contributed by atoms with van der Waals surface area (Å²) in [4.78, 5) is 100. The number of carbonyl (C=O) groups excluding carboxylic acids is 7. The number of carboxylic acids is 1. The fraction of sp³-hybridized carbons (Fsp3) is 0.758. The first kappa shape index (κ1) is 46.7. The van der Waals surface area contributed by atoms with Gasteiger partial charge in [0, 0.05) is 0 Å². The molecule has 18 nitrogen and oxygen atoms in total. The first-order chi connectivity index (χ1) is 23.7. The van der Waals surface area contributed by atoms with Gasteiger partial charge in [0.2, 0.25) is 41.4 Å². The van der Waals surface area contributed by atoms with Crippen molar-refractivity contribution in [2.75, 3.05) is 26.2 Å². The number of amides is 7.